The molecule has 5 N–H and O–H groups in total. The number of nitrogens with two attached hydrogens (primary N) is 2. The molecule has 0 bridgehead atoms. The summed E-state index contributed by atoms with van der Waals surface area (Å²) in [6.45, 7) is 1.39. The maximum absolute atomic E-state index is 13.4. The minimum Gasteiger partial charge on any atom is -0.373 e. The summed E-state index contributed by atoms with van der Waals surface area (Å²) in [6, 6.07) is 13.2. The van der Waals surface area contributed by atoms with Gasteiger partial charge in [-0.15, -0.1) is 0 Å². The van der Waals surface area contributed by atoms with Gasteiger partial charge in [-0.05, 0) is 29.3 Å². The first-order valence-electron chi connectivity index (χ1n) is 10.6. The minimum absolute atomic E-state index is 0.00260. The van der Waals surface area contributed by atoms with Gasteiger partial charge < -0.3 is 35.8 Å². The molecule has 10 heteroatoms. The number of aliphatic hydroxyl groups is 1. The van der Waals surface area contributed by atoms with Crippen LogP contribution in [0.1, 0.15) is 11.1 Å². The van der Waals surface area contributed by atoms with Gasteiger partial charge in [0.05, 0.1) is 13.2 Å². The lowest BCUT2D eigenvalue weighted by atomic mass is 9.85. The van der Waals surface area contributed by atoms with Gasteiger partial charge in [0.1, 0.15) is 6.61 Å². The molecule has 2 fully saturated rings. The van der Waals surface area contributed by atoms with Crippen molar-refractivity contribution in [3.05, 3.63) is 59.7 Å². The number of amides is 3. The molecule has 2 unspecified atom stereocenters. The Morgan fingerprint density at radius 3 is 2.36 bits per heavy atom. The van der Waals surface area contributed by atoms with Crippen molar-refractivity contribution in [2.45, 2.75) is 18.2 Å². The summed E-state index contributed by atoms with van der Waals surface area (Å²) in [5.74, 6) is -1.89. The van der Waals surface area contributed by atoms with Gasteiger partial charge in [0.25, 0.3) is 17.7 Å². The molecular weight excluding hydrogens is 428 g/mol. The van der Waals surface area contributed by atoms with Crippen LogP contribution in [0.4, 0.5) is 11.4 Å². The summed E-state index contributed by atoms with van der Waals surface area (Å²) in [4.78, 5) is 41.1. The summed E-state index contributed by atoms with van der Waals surface area (Å²) >= 11 is 0. The summed E-state index contributed by atoms with van der Waals surface area (Å²) < 4.78 is 10.8. The molecule has 10 nitrogen and oxygen atoms in total. The van der Waals surface area contributed by atoms with Crippen molar-refractivity contribution in [3.8, 4) is 0 Å². The van der Waals surface area contributed by atoms with E-state index in [0.29, 0.717) is 24.5 Å². The van der Waals surface area contributed by atoms with Crippen LogP contribution >= 0.6 is 0 Å². The van der Waals surface area contributed by atoms with Crippen LogP contribution in [0.25, 0.3) is 0 Å². The van der Waals surface area contributed by atoms with Crippen molar-refractivity contribution < 1.29 is 29.0 Å². The number of carbonyl (C=O) groups excluding carboxylic acids is 3. The van der Waals surface area contributed by atoms with E-state index in [0.717, 1.165) is 5.56 Å². The molecule has 3 amide bonds. The second-order valence-corrected chi connectivity index (χ2v) is 7.89. The first-order chi connectivity index (χ1) is 15.9. The van der Waals surface area contributed by atoms with Gasteiger partial charge in [0, 0.05) is 31.0 Å². The Bertz CT molecular complexity index is 1060. The molecule has 2 aromatic rings. The minimum atomic E-state index is -2.37. The van der Waals surface area contributed by atoms with E-state index in [1.807, 2.05) is 0 Å². The van der Waals surface area contributed by atoms with E-state index in [1.54, 1.807) is 41.3 Å². The number of ether oxygens (including phenoxy) is 2. The van der Waals surface area contributed by atoms with Crippen LogP contribution in [-0.2, 0) is 36.0 Å². The summed E-state index contributed by atoms with van der Waals surface area (Å²) in [5, 5.41) is 11.3. The molecular formula is C23H26N4O6. The smallest absolute Gasteiger partial charge is 0.260 e. The van der Waals surface area contributed by atoms with E-state index in [9.17, 15) is 19.5 Å². The van der Waals surface area contributed by atoms with Crippen LogP contribution in [0.15, 0.2) is 48.5 Å². The predicted molar refractivity (Wildman–Crippen MR) is 119 cm³/mol. The number of primary amides is 1. The monoisotopic (exact) mass is 454 g/mol. The number of anilines is 2. The SMILES string of the molecule is NCc1ccc(C(O)(C(N)=O)C2OCCN(c3cccc(N4CCOCC4=O)c3)C2=O)cc1. The van der Waals surface area contributed by atoms with Crippen molar-refractivity contribution in [1.29, 1.82) is 0 Å². The molecule has 2 aliphatic heterocycles. The third-order valence-electron chi connectivity index (χ3n) is 5.91. The molecule has 2 heterocycles. The van der Waals surface area contributed by atoms with Crippen molar-refractivity contribution in [2.75, 3.05) is 42.7 Å². The number of rotatable bonds is 6. The third-order valence-corrected chi connectivity index (χ3v) is 5.91. The molecule has 2 aliphatic rings. The van der Waals surface area contributed by atoms with E-state index in [1.165, 1.54) is 17.0 Å². The average Bonchev–Trinajstić information content (AvgIpc) is 2.84. The maximum Gasteiger partial charge on any atom is 0.260 e. The topological polar surface area (TPSA) is 148 Å². The van der Waals surface area contributed by atoms with Crippen molar-refractivity contribution in [1.82, 2.24) is 0 Å². The molecule has 2 saturated heterocycles. The number of nitrogens with zero attached hydrogens (tertiary/aromatic N) is 2. The van der Waals surface area contributed by atoms with Crippen molar-refractivity contribution in [2.24, 2.45) is 11.5 Å². The first-order valence-corrected chi connectivity index (χ1v) is 10.6. The van der Waals surface area contributed by atoms with Crippen molar-refractivity contribution in [3.63, 3.8) is 0 Å². The van der Waals surface area contributed by atoms with Crippen LogP contribution in [0, 0.1) is 0 Å². The van der Waals surface area contributed by atoms with Crippen molar-refractivity contribution >= 4 is 29.1 Å². The van der Waals surface area contributed by atoms with E-state index in [-0.39, 0.29) is 37.8 Å². The van der Waals surface area contributed by atoms with Crippen LogP contribution in [0.5, 0.6) is 0 Å². The van der Waals surface area contributed by atoms with Gasteiger partial charge in [-0.2, -0.15) is 0 Å². The largest absolute Gasteiger partial charge is 0.373 e. The fourth-order valence-electron chi connectivity index (χ4n) is 4.08. The van der Waals surface area contributed by atoms with E-state index < -0.39 is 23.5 Å². The van der Waals surface area contributed by atoms with E-state index >= 15 is 0 Å². The predicted octanol–water partition coefficient (Wildman–Crippen LogP) is -0.387. The Labute approximate surface area is 190 Å². The first kappa shape index (κ1) is 22.9. The molecule has 174 valence electrons. The van der Waals surface area contributed by atoms with Gasteiger partial charge in [0.15, 0.2) is 6.10 Å². The molecule has 0 radical (unpaired) electrons. The van der Waals surface area contributed by atoms with Gasteiger partial charge in [-0.3, -0.25) is 14.4 Å². The van der Waals surface area contributed by atoms with E-state index in [4.69, 9.17) is 20.9 Å². The molecule has 2 atom stereocenters. The standard InChI is InChI=1S/C23H26N4O6/c24-13-15-4-6-16(7-5-15)23(31,22(25)30)20-21(29)27(9-11-33-20)18-3-1-2-17(12-18)26-8-10-32-14-19(26)28/h1-7,12,20,31H,8-11,13-14,24H2,(H2,25,30). The second kappa shape index (κ2) is 9.28. The lowest BCUT2D eigenvalue weighted by Gasteiger charge is -2.39. The lowest BCUT2D eigenvalue weighted by Crippen LogP contribution is -2.61. The number of benzene rings is 2. The fourth-order valence-corrected chi connectivity index (χ4v) is 4.08. The summed E-state index contributed by atoms with van der Waals surface area (Å²) in [7, 11) is 0. The van der Waals surface area contributed by atoms with Gasteiger partial charge in [-0.1, -0.05) is 30.3 Å². The highest BCUT2D eigenvalue weighted by Crippen LogP contribution is 2.33. The molecule has 0 saturated carbocycles. The number of morpholine rings is 2. The second-order valence-electron chi connectivity index (χ2n) is 7.89. The Hall–Kier alpha value is -3.31. The molecule has 2 aromatic carbocycles. The molecule has 0 aromatic heterocycles. The number of carbonyl (C=O) groups is 3. The van der Waals surface area contributed by atoms with Gasteiger partial charge >= 0.3 is 0 Å². The van der Waals surface area contributed by atoms with Gasteiger partial charge in [0.2, 0.25) is 5.60 Å². The Balaban J connectivity index is 1.65. The Morgan fingerprint density at radius 1 is 1.06 bits per heavy atom. The molecule has 0 aliphatic carbocycles. The van der Waals surface area contributed by atoms with Crippen LogP contribution < -0.4 is 21.3 Å². The maximum atomic E-state index is 13.4. The fraction of sp³-hybridized carbons (Fsp3) is 0.348. The van der Waals surface area contributed by atoms with Crippen LogP contribution in [0.3, 0.4) is 0 Å². The quantitative estimate of drug-likeness (QED) is 0.538. The molecule has 0 spiro atoms. The lowest BCUT2D eigenvalue weighted by molar-refractivity contribution is -0.171. The molecule has 33 heavy (non-hydrogen) atoms. The summed E-state index contributed by atoms with van der Waals surface area (Å²) in [6.07, 6.45) is -1.54. The number of hydrogen-bond acceptors (Lipinski definition) is 7. The van der Waals surface area contributed by atoms with Crippen LogP contribution in [-0.4, -0.2) is 61.8 Å². The normalized spacial score (nSPS) is 21.1. The zero-order valence-corrected chi connectivity index (χ0v) is 18.0. The molecule has 4 rings (SSSR count). The average molecular weight is 454 g/mol. The summed E-state index contributed by atoms with van der Waals surface area (Å²) in [5.41, 5.74) is 10.9. The third kappa shape index (κ3) is 4.21. The zero-order chi connectivity index (χ0) is 23.6. The highest BCUT2D eigenvalue weighted by Gasteiger charge is 2.52. The van der Waals surface area contributed by atoms with E-state index in [2.05, 4.69) is 0 Å². The highest BCUT2D eigenvalue weighted by molar-refractivity contribution is 6.03. The Kier molecular flexibility index (Phi) is 6.43. The zero-order valence-electron chi connectivity index (χ0n) is 18.0. The highest BCUT2D eigenvalue weighted by atomic mass is 16.5. The Morgan fingerprint density at radius 2 is 1.73 bits per heavy atom. The number of hydrogen-bond donors (Lipinski definition) is 3. The van der Waals surface area contributed by atoms with Crippen LogP contribution in [0.2, 0.25) is 0 Å². The van der Waals surface area contributed by atoms with Gasteiger partial charge in [-0.25, -0.2) is 0 Å².